The van der Waals surface area contributed by atoms with E-state index in [-0.39, 0.29) is 11.9 Å². The molecule has 6 aliphatic rings. The first-order chi connectivity index (χ1) is 16.5. The summed E-state index contributed by atoms with van der Waals surface area (Å²) in [6.45, 7) is 2.49. The van der Waals surface area contributed by atoms with E-state index >= 15 is 5.21 Å². The minimum Gasteiger partial charge on any atom is -0.620 e. The summed E-state index contributed by atoms with van der Waals surface area (Å²) in [5, 5.41) is 18.2. The number of hydroxylamine groups is 2. The normalized spacial score (nSPS) is 34.5. The van der Waals surface area contributed by atoms with Crippen molar-refractivity contribution in [1.82, 2.24) is 9.21 Å². The van der Waals surface area contributed by atoms with Crippen molar-refractivity contribution in [1.29, 1.82) is 0 Å². The summed E-state index contributed by atoms with van der Waals surface area (Å²) in [6, 6.07) is 0. The molecule has 4 atom stereocenters. The van der Waals surface area contributed by atoms with Crippen LogP contribution in [0.15, 0.2) is 35.0 Å². The second-order valence-electron chi connectivity index (χ2n) is 10.1. The lowest BCUT2D eigenvalue weighted by Crippen LogP contribution is -2.60. The molecule has 1 unspecified atom stereocenters. The van der Waals surface area contributed by atoms with Gasteiger partial charge in [0.15, 0.2) is 17.1 Å². The third-order valence-corrected chi connectivity index (χ3v) is 8.36. The van der Waals surface area contributed by atoms with Crippen molar-refractivity contribution in [3.8, 4) is 0 Å². The molecule has 7 nitrogen and oxygen atoms in total. The lowest BCUT2D eigenvalue weighted by molar-refractivity contribution is -0.137. The number of ether oxygens (including phenoxy) is 2. The van der Waals surface area contributed by atoms with Gasteiger partial charge in [-0.3, -0.25) is 14.4 Å². The molecule has 7 heteroatoms. The molecule has 170 valence electrons. The van der Waals surface area contributed by atoms with Gasteiger partial charge in [-0.05, 0) is 25.5 Å². The highest BCUT2D eigenvalue weighted by molar-refractivity contribution is 6.18. The van der Waals surface area contributed by atoms with Gasteiger partial charge in [0.2, 0.25) is 6.23 Å². The van der Waals surface area contributed by atoms with Gasteiger partial charge >= 0.3 is 0 Å². The maximum Gasteiger partial charge on any atom is 0.235 e. The molecule has 1 aromatic carbocycles. The molecular formula is C27H23N3O4. The molecule has 2 aromatic rings. The number of aromatic nitrogens is 1. The topological polar surface area (TPSA) is 75.9 Å². The molecule has 0 spiro atoms. The van der Waals surface area contributed by atoms with Crippen LogP contribution in [0.4, 0.5) is 5.69 Å². The number of quaternary nitrogens is 1. The third-order valence-electron chi connectivity index (χ3n) is 8.36. The zero-order chi connectivity index (χ0) is 23.0. The van der Waals surface area contributed by atoms with Crippen molar-refractivity contribution in [2.75, 3.05) is 7.11 Å². The molecule has 4 aliphatic heterocycles. The molecule has 1 aromatic heterocycles. The summed E-state index contributed by atoms with van der Waals surface area (Å²) in [6.07, 6.45) is 14.6. The standard InChI is InChI=1S/C27H23N3O4/c1-27-9-4-10-29-18-5-3-6-20(31)23(18)22-17-13-28-12-16(17)21-15-8-7-14(34-27)11-19(15)30(32,26(27)33-2)25(21)24(22)29/h4-5,7-9,12-14,26H,3,6,10-11H2,1-2H3/b9-4-/t14-,26-,27+,30?/m0/s1. The molecule has 2 aliphatic carbocycles. The number of allylic oxidation sites excluding steroid dienone is 3. The molecule has 1 fully saturated rings. The van der Waals surface area contributed by atoms with Gasteiger partial charge in [-0.15, -0.1) is 0 Å². The Morgan fingerprint density at radius 3 is 3.09 bits per heavy atom. The quantitative estimate of drug-likeness (QED) is 0.378. The first-order valence-electron chi connectivity index (χ1n) is 11.9. The number of hydrogen-bond donors (Lipinski definition) is 0. The van der Waals surface area contributed by atoms with E-state index in [9.17, 15) is 4.79 Å². The fraction of sp³-hybridized carbons (Fsp3) is 0.333. The van der Waals surface area contributed by atoms with Gasteiger partial charge in [0, 0.05) is 59.6 Å². The van der Waals surface area contributed by atoms with Gasteiger partial charge in [0.1, 0.15) is 11.2 Å². The van der Waals surface area contributed by atoms with Crippen LogP contribution in [0.5, 0.6) is 0 Å². The number of benzene rings is 1. The molecule has 0 amide bonds. The van der Waals surface area contributed by atoms with E-state index in [0.29, 0.717) is 31.5 Å². The summed E-state index contributed by atoms with van der Waals surface area (Å²) >= 11 is 0. The highest BCUT2D eigenvalue weighted by Crippen LogP contribution is 2.57. The fourth-order valence-corrected chi connectivity index (χ4v) is 7.19. The van der Waals surface area contributed by atoms with Gasteiger partial charge in [-0.2, -0.15) is 0 Å². The van der Waals surface area contributed by atoms with Crippen LogP contribution >= 0.6 is 0 Å². The Bertz CT molecular complexity index is 1640. The summed E-state index contributed by atoms with van der Waals surface area (Å²) in [7, 11) is 1.60. The fourth-order valence-electron chi connectivity index (χ4n) is 7.19. The lowest BCUT2D eigenvalue weighted by Gasteiger charge is -2.49. The van der Waals surface area contributed by atoms with Crippen LogP contribution < -0.4 is 15.2 Å². The number of methoxy groups -OCH3 is 1. The van der Waals surface area contributed by atoms with Crippen LogP contribution in [0, 0.1) is 5.21 Å². The molecule has 5 heterocycles. The van der Waals surface area contributed by atoms with Gasteiger partial charge in [-0.25, -0.2) is 0 Å². The van der Waals surface area contributed by atoms with E-state index in [2.05, 4.69) is 27.8 Å². The van der Waals surface area contributed by atoms with Crippen molar-refractivity contribution >= 4 is 46.4 Å². The Morgan fingerprint density at radius 2 is 2.24 bits per heavy atom. The number of Topliss-reactive ketones (excluding diaryl/α,β-unsaturated/α-hetero) is 1. The average Bonchev–Trinajstić information content (AvgIpc) is 3.46. The first-order valence-corrected chi connectivity index (χ1v) is 11.9. The SMILES string of the molecule is CO[C@H]1[C@@]2(C)/C=C\Cn3c4c(c5c6c(c7c(c53)[N+]1([O-])C1=C7C=C[C@@H](C1)O2)C=NC=6)C(=O)CCC=4. The van der Waals surface area contributed by atoms with E-state index in [0.717, 1.165) is 49.4 Å². The van der Waals surface area contributed by atoms with E-state index in [1.807, 2.05) is 31.5 Å². The van der Waals surface area contributed by atoms with E-state index in [1.165, 1.54) is 0 Å². The van der Waals surface area contributed by atoms with Crippen molar-refractivity contribution in [2.45, 2.75) is 50.7 Å². The Morgan fingerprint density at radius 1 is 1.35 bits per heavy atom. The molecule has 4 bridgehead atoms. The first kappa shape index (κ1) is 19.2. The zero-order valence-corrected chi connectivity index (χ0v) is 19.0. The highest BCUT2D eigenvalue weighted by Gasteiger charge is 2.59. The van der Waals surface area contributed by atoms with Crippen LogP contribution in [0.2, 0.25) is 0 Å². The number of fused-ring (bicyclic) bond motifs is 9. The van der Waals surface area contributed by atoms with E-state index < -0.39 is 16.5 Å². The predicted molar refractivity (Wildman–Crippen MR) is 130 cm³/mol. The largest absolute Gasteiger partial charge is 0.620 e. The van der Waals surface area contributed by atoms with Crippen molar-refractivity contribution in [2.24, 2.45) is 4.99 Å². The number of nitrogens with zero attached hydrogens (tertiary/aromatic N) is 3. The maximum atomic E-state index is 15.5. The third kappa shape index (κ3) is 1.93. The number of ketones is 1. The van der Waals surface area contributed by atoms with Crippen LogP contribution in [-0.4, -0.2) is 41.6 Å². The van der Waals surface area contributed by atoms with Crippen LogP contribution in [0.3, 0.4) is 0 Å². The second kappa shape index (κ2) is 5.93. The summed E-state index contributed by atoms with van der Waals surface area (Å²) in [4.78, 5) is 17.8. The van der Waals surface area contributed by atoms with Crippen molar-refractivity contribution in [3.05, 3.63) is 62.5 Å². The van der Waals surface area contributed by atoms with Crippen LogP contribution in [0.25, 0.3) is 28.8 Å². The molecule has 0 saturated carbocycles. The molecule has 1 saturated heterocycles. The number of hydrogen-bond acceptors (Lipinski definition) is 5. The predicted octanol–water partition coefficient (Wildman–Crippen LogP) is 2.76. The summed E-state index contributed by atoms with van der Waals surface area (Å²) < 4.78 is 14.0. The monoisotopic (exact) mass is 453 g/mol. The van der Waals surface area contributed by atoms with Crippen molar-refractivity contribution in [3.63, 3.8) is 0 Å². The lowest BCUT2D eigenvalue weighted by atomic mass is 9.90. The molecule has 34 heavy (non-hydrogen) atoms. The summed E-state index contributed by atoms with van der Waals surface area (Å²) in [5.41, 5.74) is 4.86. The van der Waals surface area contributed by atoms with Crippen molar-refractivity contribution < 1.29 is 14.3 Å². The highest BCUT2D eigenvalue weighted by atomic mass is 16.6. The number of rotatable bonds is 1. The van der Waals surface area contributed by atoms with Gasteiger partial charge < -0.3 is 19.2 Å². The average molecular weight is 453 g/mol. The Balaban J connectivity index is 1.68. The zero-order valence-electron chi connectivity index (χ0n) is 19.0. The minimum absolute atomic E-state index is 0.130. The van der Waals surface area contributed by atoms with Crippen LogP contribution in [0.1, 0.15) is 47.7 Å². The van der Waals surface area contributed by atoms with Gasteiger partial charge in [0.05, 0.1) is 23.7 Å². The van der Waals surface area contributed by atoms with E-state index in [4.69, 9.17) is 9.47 Å². The van der Waals surface area contributed by atoms with Crippen LogP contribution in [-0.2, 0) is 16.0 Å². The smallest absolute Gasteiger partial charge is 0.235 e. The molecule has 8 rings (SSSR count). The molecule has 0 radical (unpaired) electrons. The number of carbonyl (C=O) groups is 1. The van der Waals surface area contributed by atoms with Gasteiger partial charge in [-0.1, -0.05) is 18.2 Å². The minimum atomic E-state index is -0.931. The molecular weight excluding hydrogens is 430 g/mol. The van der Waals surface area contributed by atoms with E-state index in [1.54, 1.807) is 7.11 Å². The number of aliphatic imine (C=N–C) groups is 1. The Labute approximate surface area is 195 Å². The maximum absolute atomic E-state index is 15.5. The summed E-state index contributed by atoms with van der Waals surface area (Å²) in [5.74, 6) is 0.130. The number of carbonyl (C=O) groups excluding carboxylic acids is 1. The molecule has 0 N–H and O–H groups in total. The second-order valence-corrected chi connectivity index (χ2v) is 10.1. The Kier molecular flexibility index (Phi) is 3.35. The van der Waals surface area contributed by atoms with Gasteiger partial charge in [0.25, 0.3) is 0 Å². The Hall–Kier alpha value is -3.10.